The largest absolute Gasteiger partial charge is 0.507 e. The van der Waals surface area contributed by atoms with Crippen LogP contribution < -0.4 is 9.47 Å². The molecule has 0 bridgehead atoms. The third-order valence-electron chi connectivity index (χ3n) is 4.90. The van der Waals surface area contributed by atoms with E-state index in [4.69, 9.17) is 25.8 Å². The van der Waals surface area contributed by atoms with Gasteiger partial charge in [0.05, 0.1) is 18.8 Å². The Kier molecular flexibility index (Phi) is 5.92. The van der Waals surface area contributed by atoms with E-state index in [1.807, 2.05) is 32.9 Å². The zero-order valence-corrected chi connectivity index (χ0v) is 16.4. The smallest absolute Gasteiger partial charge is 0.189 e. The van der Waals surface area contributed by atoms with Crippen LogP contribution in [-0.2, 0) is 11.3 Å². The molecule has 0 aromatic heterocycles. The Morgan fingerprint density at radius 1 is 1.30 bits per heavy atom. The molecule has 144 valence electrons. The molecule has 0 saturated carbocycles. The first kappa shape index (κ1) is 19.5. The summed E-state index contributed by atoms with van der Waals surface area (Å²) in [4.78, 5) is 13.0. The van der Waals surface area contributed by atoms with E-state index in [0.717, 1.165) is 16.9 Å². The van der Waals surface area contributed by atoms with E-state index in [1.54, 1.807) is 12.1 Å². The molecule has 3 rings (SSSR count). The average Bonchev–Trinajstić information content (AvgIpc) is 2.66. The Morgan fingerprint density at radius 3 is 2.78 bits per heavy atom. The van der Waals surface area contributed by atoms with Crippen molar-refractivity contribution in [3.8, 4) is 17.2 Å². The van der Waals surface area contributed by atoms with Gasteiger partial charge < -0.3 is 19.3 Å². The van der Waals surface area contributed by atoms with Crippen LogP contribution in [0.3, 0.4) is 0 Å². The molecule has 1 aliphatic heterocycles. The zero-order chi connectivity index (χ0) is 19.6. The van der Waals surface area contributed by atoms with Gasteiger partial charge in [0.25, 0.3) is 0 Å². The highest BCUT2D eigenvalue weighted by Gasteiger charge is 2.29. The first-order valence-electron chi connectivity index (χ1n) is 8.95. The maximum absolute atomic E-state index is 13.0. The van der Waals surface area contributed by atoms with Crippen molar-refractivity contribution in [1.29, 1.82) is 0 Å². The predicted octanol–water partition coefficient (Wildman–Crippen LogP) is 4.93. The number of Topliss-reactive ketones (excluding diaryl/α,β-unsaturated/α-hetero) is 1. The highest BCUT2D eigenvalue weighted by Crippen LogP contribution is 2.40. The van der Waals surface area contributed by atoms with E-state index in [2.05, 4.69) is 0 Å². The van der Waals surface area contributed by atoms with Gasteiger partial charge in [0, 0.05) is 22.6 Å². The van der Waals surface area contributed by atoms with Gasteiger partial charge in [0.15, 0.2) is 12.6 Å². The van der Waals surface area contributed by atoms with Gasteiger partial charge in [-0.3, -0.25) is 4.79 Å². The van der Waals surface area contributed by atoms with E-state index in [9.17, 15) is 9.90 Å². The number of ketones is 1. The van der Waals surface area contributed by atoms with Crippen LogP contribution in [0.4, 0.5) is 0 Å². The lowest BCUT2D eigenvalue weighted by atomic mass is 9.82. The van der Waals surface area contributed by atoms with E-state index in [-0.39, 0.29) is 35.7 Å². The second kappa shape index (κ2) is 8.19. The van der Waals surface area contributed by atoms with E-state index in [1.165, 1.54) is 6.07 Å². The van der Waals surface area contributed by atoms with Gasteiger partial charge in [-0.05, 0) is 42.7 Å². The summed E-state index contributed by atoms with van der Waals surface area (Å²) in [5.74, 6) is 0.488. The van der Waals surface area contributed by atoms with Crippen LogP contribution in [0.15, 0.2) is 30.3 Å². The minimum Gasteiger partial charge on any atom is -0.507 e. The first-order valence-corrected chi connectivity index (χ1v) is 9.33. The normalized spacial score (nSPS) is 15.4. The van der Waals surface area contributed by atoms with Crippen LogP contribution in [0, 0.1) is 5.92 Å². The minimum atomic E-state index is -0.386. The van der Waals surface area contributed by atoms with Gasteiger partial charge in [0.1, 0.15) is 17.2 Å². The predicted molar refractivity (Wildman–Crippen MR) is 103 cm³/mol. The molecule has 5 nitrogen and oxygen atoms in total. The van der Waals surface area contributed by atoms with Crippen molar-refractivity contribution in [3.05, 3.63) is 52.0 Å². The molecule has 27 heavy (non-hydrogen) atoms. The van der Waals surface area contributed by atoms with Crippen LogP contribution >= 0.6 is 11.6 Å². The summed E-state index contributed by atoms with van der Waals surface area (Å²) in [6.07, 6.45) is 0. The number of hydrogen-bond acceptors (Lipinski definition) is 5. The molecule has 0 unspecified atom stereocenters. The molecular weight excluding hydrogens is 368 g/mol. The van der Waals surface area contributed by atoms with Gasteiger partial charge in [0.2, 0.25) is 0 Å². The zero-order valence-electron chi connectivity index (χ0n) is 15.6. The molecular formula is C21H23ClO5. The number of fused-ring (bicyclic) bond motifs is 1. The van der Waals surface area contributed by atoms with Crippen molar-refractivity contribution < 1.29 is 24.1 Å². The Bertz CT molecular complexity index is 849. The van der Waals surface area contributed by atoms with Gasteiger partial charge in [-0.25, -0.2) is 0 Å². The summed E-state index contributed by atoms with van der Waals surface area (Å²) in [6, 6.07) is 8.41. The fraction of sp³-hybridized carbons (Fsp3) is 0.381. The highest BCUT2D eigenvalue weighted by molar-refractivity contribution is 6.30. The molecule has 2 atom stereocenters. The van der Waals surface area contributed by atoms with Crippen molar-refractivity contribution in [2.45, 2.75) is 33.3 Å². The van der Waals surface area contributed by atoms with Gasteiger partial charge in [-0.2, -0.15) is 0 Å². The Morgan fingerprint density at radius 2 is 2.07 bits per heavy atom. The molecule has 1 heterocycles. The second-order valence-electron chi connectivity index (χ2n) is 6.65. The lowest BCUT2D eigenvalue weighted by Crippen LogP contribution is -2.21. The van der Waals surface area contributed by atoms with Gasteiger partial charge in [-0.15, -0.1) is 0 Å². The highest BCUT2D eigenvalue weighted by atomic mass is 35.5. The van der Waals surface area contributed by atoms with Crippen LogP contribution in [0.5, 0.6) is 17.2 Å². The molecule has 0 spiro atoms. The molecule has 2 aromatic carbocycles. The Hall–Kier alpha value is -2.24. The van der Waals surface area contributed by atoms with E-state index >= 15 is 0 Å². The summed E-state index contributed by atoms with van der Waals surface area (Å²) in [7, 11) is 0. The average molecular weight is 391 g/mol. The first-order chi connectivity index (χ1) is 12.9. The van der Waals surface area contributed by atoms with Crippen molar-refractivity contribution >= 4 is 17.4 Å². The molecule has 6 heteroatoms. The monoisotopic (exact) mass is 390 g/mol. The van der Waals surface area contributed by atoms with Gasteiger partial charge in [-0.1, -0.05) is 25.4 Å². The number of carbonyl (C=O) groups excluding carboxylic acids is 1. The summed E-state index contributed by atoms with van der Waals surface area (Å²) in [6.45, 7) is 6.75. The summed E-state index contributed by atoms with van der Waals surface area (Å²) in [5.41, 5.74) is 2.02. The molecule has 0 radical (unpaired) electrons. The number of halogens is 1. The third kappa shape index (κ3) is 4.04. The molecule has 0 amide bonds. The maximum Gasteiger partial charge on any atom is 0.189 e. The van der Waals surface area contributed by atoms with E-state index in [0.29, 0.717) is 24.0 Å². The van der Waals surface area contributed by atoms with Crippen LogP contribution in [0.25, 0.3) is 0 Å². The standard InChI is InChI=1S/C21H23ClO5/c1-4-26-16-5-6-17(19(23)9-16)20(24)13(3)12(2)18-8-15(22)7-14-10-25-11-27-21(14)18/h5-9,12-13,23H,4,10-11H2,1-3H3/t12-,13+/m1/s1. The molecule has 0 aliphatic carbocycles. The number of benzene rings is 2. The minimum absolute atomic E-state index is 0.0808. The van der Waals surface area contributed by atoms with Gasteiger partial charge >= 0.3 is 0 Å². The summed E-state index contributed by atoms with van der Waals surface area (Å²) < 4.78 is 16.4. The number of aromatic hydroxyl groups is 1. The molecule has 1 N–H and O–H groups in total. The molecule has 0 saturated heterocycles. The summed E-state index contributed by atoms with van der Waals surface area (Å²) >= 11 is 6.25. The second-order valence-corrected chi connectivity index (χ2v) is 7.08. The quantitative estimate of drug-likeness (QED) is 0.708. The third-order valence-corrected chi connectivity index (χ3v) is 5.12. The molecule has 0 fully saturated rings. The molecule has 1 aliphatic rings. The fourth-order valence-electron chi connectivity index (χ4n) is 3.26. The van der Waals surface area contributed by atoms with Crippen molar-refractivity contribution in [3.63, 3.8) is 0 Å². The Labute approximate surface area is 163 Å². The number of phenols is 1. The topological polar surface area (TPSA) is 65.0 Å². The van der Waals surface area contributed by atoms with Crippen LogP contribution in [0.2, 0.25) is 5.02 Å². The number of rotatable bonds is 6. The summed E-state index contributed by atoms with van der Waals surface area (Å²) in [5, 5.41) is 10.8. The van der Waals surface area contributed by atoms with Crippen LogP contribution in [0.1, 0.15) is 48.2 Å². The number of hydrogen-bond donors (Lipinski definition) is 1. The van der Waals surface area contributed by atoms with E-state index < -0.39 is 0 Å². The fourth-order valence-corrected chi connectivity index (χ4v) is 3.51. The number of ether oxygens (including phenoxy) is 3. The van der Waals surface area contributed by atoms with Crippen molar-refractivity contribution in [2.75, 3.05) is 13.4 Å². The SMILES string of the molecule is CCOc1ccc(C(=O)[C@@H](C)[C@@H](C)c2cc(Cl)cc3c2OCOC3)c(O)c1. The maximum atomic E-state index is 13.0. The van der Waals surface area contributed by atoms with Crippen molar-refractivity contribution in [2.24, 2.45) is 5.92 Å². The lowest BCUT2D eigenvalue weighted by molar-refractivity contribution is -0.0173. The van der Waals surface area contributed by atoms with Crippen LogP contribution in [-0.4, -0.2) is 24.3 Å². The lowest BCUT2D eigenvalue weighted by Gasteiger charge is -2.26. The van der Waals surface area contributed by atoms with Crippen molar-refractivity contribution in [1.82, 2.24) is 0 Å². The molecule has 2 aromatic rings. The Balaban J connectivity index is 1.88. The number of phenolic OH excluding ortho intramolecular Hbond substituents is 1. The number of carbonyl (C=O) groups is 1.